The van der Waals surface area contributed by atoms with Crippen LogP contribution in [0.2, 0.25) is 5.02 Å². The third-order valence-corrected chi connectivity index (χ3v) is 7.62. The standard InChI is InChI=1S/C13H19ClN2O4S2/c1-2-21(17,18)15-7-4-8-16(10-9-15)22(19,20)13-6-3-5-12(14)11-13/h3,5-6,11H,2,4,7-10H2,1H3. The monoisotopic (exact) mass is 366 g/mol. The summed E-state index contributed by atoms with van der Waals surface area (Å²) in [5.74, 6) is 0.0219. The minimum atomic E-state index is -3.66. The van der Waals surface area contributed by atoms with E-state index in [1.54, 1.807) is 19.1 Å². The van der Waals surface area contributed by atoms with Crippen LogP contribution in [0.3, 0.4) is 0 Å². The van der Waals surface area contributed by atoms with Crippen LogP contribution in [0.4, 0.5) is 0 Å². The Labute approximate surface area is 136 Å². The largest absolute Gasteiger partial charge is 0.243 e. The van der Waals surface area contributed by atoms with E-state index >= 15 is 0 Å². The minimum Gasteiger partial charge on any atom is -0.212 e. The van der Waals surface area contributed by atoms with E-state index in [0.717, 1.165) is 0 Å². The lowest BCUT2D eigenvalue weighted by atomic mass is 10.4. The van der Waals surface area contributed by atoms with Crippen LogP contribution in [0.25, 0.3) is 0 Å². The van der Waals surface area contributed by atoms with Crippen molar-refractivity contribution in [2.24, 2.45) is 0 Å². The lowest BCUT2D eigenvalue weighted by molar-refractivity contribution is 0.405. The summed E-state index contributed by atoms with van der Waals surface area (Å²) in [6.07, 6.45) is 0.471. The van der Waals surface area contributed by atoms with Crippen molar-refractivity contribution in [3.63, 3.8) is 0 Å². The molecule has 6 nitrogen and oxygen atoms in total. The lowest BCUT2D eigenvalue weighted by Crippen LogP contribution is -2.37. The Balaban J connectivity index is 2.20. The summed E-state index contributed by atoms with van der Waals surface area (Å²) in [4.78, 5) is 0.131. The van der Waals surface area contributed by atoms with Crippen LogP contribution < -0.4 is 0 Å². The van der Waals surface area contributed by atoms with Gasteiger partial charge in [0.1, 0.15) is 0 Å². The highest BCUT2D eigenvalue weighted by molar-refractivity contribution is 7.89. The molecular formula is C13H19ClN2O4S2. The van der Waals surface area contributed by atoms with Crippen LogP contribution >= 0.6 is 11.6 Å². The molecule has 0 N–H and O–H groups in total. The van der Waals surface area contributed by atoms with Crippen molar-refractivity contribution >= 4 is 31.6 Å². The second-order valence-electron chi connectivity index (χ2n) is 5.01. The summed E-state index contributed by atoms with van der Waals surface area (Å²) in [6, 6.07) is 6.09. The van der Waals surface area contributed by atoms with Gasteiger partial charge in [-0.1, -0.05) is 17.7 Å². The first-order valence-corrected chi connectivity index (χ1v) is 10.4. The van der Waals surface area contributed by atoms with E-state index in [2.05, 4.69) is 0 Å². The zero-order chi connectivity index (χ0) is 16.4. The Morgan fingerprint density at radius 1 is 1.05 bits per heavy atom. The van der Waals surface area contributed by atoms with Crippen LogP contribution in [0, 0.1) is 0 Å². The maximum Gasteiger partial charge on any atom is 0.243 e. The van der Waals surface area contributed by atoms with Crippen molar-refractivity contribution in [1.29, 1.82) is 0 Å². The van der Waals surface area contributed by atoms with Gasteiger partial charge in [-0.25, -0.2) is 21.1 Å². The van der Waals surface area contributed by atoms with Crippen molar-refractivity contribution in [3.05, 3.63) is 29.3 Å². The number of sulfonamides is 2. The molecular weight excluding hydrogens is 348 g/mol. The maximum atomic E-state index is 12.6. The number of hydrogen-bond acceptors (Lipinski definition) is 4. The molecule has 1 aliphatic rings. The van der Waals surface area contributed by atoms with Gasteiger partial charge in [-0.15, -0.1) is 0 Å². The number of benzene rings is 1. The number of halogens is 1. The van der Waals surface area contributed by atoms with Crippen LogP contribution in [0.15, 0.2) is 29.2 Å². The summed E-state index contributed by atoms with van der Waals surface area (Å²) in [5, 5.41) is 0.353. The molecule has 1 heterocycles. The molecule has 1 fully saturated rings. The van der Waals surface area contributed by atoms with E-state index < -0.39 is 20.0 Å². The van der Waals surface area contributed by atoms with Crippen molar-refractivity contribution < 1.29 is 16.8 Å². The molecule has 1 saturated heterocycles. The third-order valence-electron chi connectivity index (χ3n) is 3.61. The fourth-order valence-corrected chi connectivity index (χ4v) is 5.25. The normalized spacial score (nSPS) is 19.0. The zero-order valence-electron chi connectivity index (χ0n) is 12.3. The number of nitrogens with zero attached hydrogens (tertiary/aromatic N) is 2. The van der Waals surface area contributed by atoms with Crippen LogP contribution in [-0.2, 0) is 20.0 Å². The van der Waals surface area contributed by atoms with Gasteiger partial charge in [0.15, 0.2) is 0 Å². The van der Waals surface area contributed by atoms with Gasteiger partial charge in [0.2, 0.25) is 20.0 Å². The second-order valence-corrected chi connectivity index (χ2v) is 9.65. The molecule has 1 aliphatic heterocycles. The molecule has 0 atom stereocenters. The molecule has 2 rings (SSSR count). The molecule has 124 valence electrons. The van der Waals surface area contributed by atoms with Gasteiger partial charge in [0.05, 0.1) is 10.6 Å². The zero-order valence-corrected chi connectivity index (χ0v) is 14.7. The fourth-order valence-electron chi connectivity index (χ4n) is 2.35. The maximum absolute atomic E-state index is 12.6. The quantitative estimate of drug-likeness (QED) is 0.807. The Morgan fingerprint density at radius 2 is 1.68 bits per heavy atom. The minimum absolute atomic E-state index is 0.0219. The molecule has 0 aliphatic carbocycles. The molecule has 1 aromatic rings. The molecule has 1 aromatic carbocycles. The molecule has 0 bridgehead atoms. The highest BCUT2D eigenvalue weighted by Gasteiger charge is 2.30. The van der Waals surface area contributed by atoms with Crippen LogP contribution in [-0.4, -0.2) is 57.4 Å². The van der Waals surface area contributed by atoms with E-state index in [4.69, 9.17) is 11.6 Å². The van der Waals surface area contributed by atoms with E-state index in [-0.39, 0.29) is 23.7 Å². The van der Waals surface area contributed by atoms with E-state index in [1.807, 2.05) is 0 Å². The molecule has 22 heavy (non-hydrogen) atoms. The summed E-state index contributed by atoms with van der Waals surface area (Å²) in [5.41, 5.74) is 0. The summed E-state index contributed by atoms with van der Waals surface area (Å²) >= 11 is 5.85. The van der Waals surface area contributed by atoms with Gasteiger partial charge in [-0.05, 0) is 31.5 Å². The lowest BCUT2D eigenvalue weighted by Gasteiger charge is -2.21. The SMILES string of the molecule is CCS(=O)(=O)N1CCCN(S(=O)(=O)c2cccc(Cl)c2)CC1. The van der Waals surface area contributed by atoms with E-state index in [0.29, 0.717) is 24.5 Å². The van der Waals surface area contributed by atoms with Crippen molar-refractivity contribution in [2.75, 3.05) is 31.9 Å². The fraction of sp³-hybridized carbons (Fsp3) is 0.538. The average Bonchev–Trinajstić information content (AvgIpc) is 2.74. The van der Waals surface area contributed by atoms with Gasteiger partial charge >= 0.3 is 0 Å². The first-order chi connectivity index (χ1) is 10.3. The number of rotatable bonds is 4. The topological polar surface area (TPSA) is 74.8 Å². The predicted molar refractivity (Wildman–Crippen MR) is 85.9 cm³/mol. The highest BCUT2D eigenvalue weighted by Crippen LogP contribution is 2.21. The Hall–Kier alpha value is -0.670. The van der Waals surface area contributed by atoms with Crippen molar-refractivity contribution in [2.45, 2.75) is 18.2 Å². The average molecular weight is 367 g/mol. The first kappa shape index (κ1) is 17.7. The molecule has 0 amide bonds. The van der Waals surface area contributed by atoms with E-state index in [1.165, 1.54) is 20.7 Å². The smallest absolute Gasteiger partial charge is 0.212 e. The van der Waals surface area contributed by atoms with Gasteiger partial charge in [0, 0.05) is 31.2 Å². The van der Waals surface area contributed by atoms with Gasteiger partial charge in [-0.3, -0.25) is 0 Å². The van der Waals surface area contributed by atoms with Crippen LogP contribution in [0.1, 0.15) is 13.3 Å². The number of hydrogen-bond donors (Lipinski definition) is 0. The molecule has 0 spiro atoms. The Bertz CT molecular complexity index is 734. The van der Waals surface area contributed by atoms with Gasteiger partial charge in [0.25, 0.3) is 0 Å². The highest BCUT2D eigenvalue weighted by atomic mass is 35.5. The molecule has 0 aromatic heterocycles. The van der Waals surface area contributed by atoms with E-state index in [9.17, 15) is 16.8 Å². The molecule has 0 unspecified atom stereocenters. The summed E-state index contributed by atoms with van der Waals surface area (Å²) < 4.78 is 51.8. The van der Waals surface area contributed by atoms with Crippen LogP contribution in [0.5, 0.6) is 0 Å². The summed E-state index contributed by atoms with van der Waals surface area (Å²) in [7, 11) is -6.95. The Kier molecular flexibility index (Phi) is 5.50. The predicted octanol–water partition coefficient (Wildman–Crippen LogP) is 1.39. The Morgan fingerprint density at radius 3 is 2.32 bits per heavy atom. The summed E-state index contributed by atoms with van der Waals surface area (Å²) in [6.45, 7) is 2.55. The first-order valence-electron chi connectivity index (χ1n) is 7.01. The molecule has 0 radical (unpaired) electrons. The van der Waals surface area contributed by atoms with Crippen molar-refractivity contribution in [1.82, 2.24) is 8.61 Å². The third kappa shape index (κ3) is 3.80. The van der Waals surface area contributed by atoms with Gasteiger partial charge < -0.3 is 0 Å². The molecule has 9 heteroatoms. The molecule has 0 saturated carbocycles. The second kappa shape index (κ2) is 6.84. The van der Waals surface area contributed by atoms with Gasteiger partial charge in [-0.2, -0.15) is 4.31 Å². The van der Waals surface area contributed by atoms with Crippen molar-refractivity contribution in [3.8, 4) is 0 Å².